The van der Waals surface area contributed by atoms with Gasteiger partial charge in [-0.2, -0.15) is 0 Å². The maximum atomic E-state index is 6.39. The molecule has 0 saturated heterocycles. The minimum atomic E-state index is -0.0256. The minimum Gasteiger partial charge on any atom is -0.385 e. The zero-order chi connectivity index (χ0) is 10.7. The molecule has 1 aromatic rings. The minimum absolute atomic E-state index is 0.0256. The summed E-state index contributed by atoms with van der Waals surface area (Å²) in [5.74, 6) is 0. The van der Waals surface area contributed by atoms with Crippen LogP contribution in [0.4, 0.5) is 0 Å². The van der Waals surface area contributed by atoms with Crippen molar-refractivity contribution in [3.63, 3.8) is 0 Å². The van der Waals surface area contributed by atoms with E-state index in [0.717, 1.165) is 32.3 Å². The van der Waals surface area contributed by atoms with Crippen LogP contribution in [-0.4, -0.2) is 19.3 Å². The summed E-state index contributed by atoms with van der Waals surface area (Å²) in [5.41, 5.74) is 9.23. The molecule has 0 saturated carbocycles. The first-order valence-electron chi connectivity index (χ1n) is 5.58. The number of benzene rings is 1. The first-order chi connectivity index (χ1) is 7.23. The summed E-state index contributed by atoms with van der Waals surface area (Å²) in [5, 5.41) is 0. The average molecular weight is 205 g/mol. The van der Waals surface area contributed by atoms with Gasteiger partial charge >= 0.3 is 0 Å². The first kappa shape index (κ1) is 10.7. The van der Waals surface area contributed by atoms with Gasteiger partial charge in [-0.3, -0.25) is 0 Å². The average Bonchev–Trinajstić information content (AvgIpc) is 2.54. The maximum absolute atomic E-state index is 6.39. The molecular weight excluding hydrogens is 186 g/mol. The van der Waals surface area contributed by atoms with Gasteiger partial charge in [0.2, 0.25) is 0 Å². The lowest BCUT2D eigenvalue weighted by atomic mass is 9.91. The highest BCUT2D eigenvalue weighted by Crippen LogP contribution is 2.31. The molecule has 0 amide bonds. The van der Waals surface area contributed by atoms with Gasteiger partial charge in [0.05, 0.1) is 0 Å². The van der Waals surface area contributed by atoms with E-state index in [9.17, 15) is 0 Å². The number of ether oxygens (including phenoxy) is 1. The summed E-state index contributed by atoms with van der Waals surface area (Å²) in [7, 11) is 1.74. The van der Waals surface area contributed by atoms with Crippen LogP contribution in [0.15, 0.2) is 24.3 Å². The van der Waals surface area contributed by atoms with E-state index < -0.39 is 0 Å². The fourth-order valence-electron chi connectivity index (χ4n) is 2.47. The summed E-state index contributed by atoms with van der Waals surface area (Å²) >= 11 is 0. The van der Waals surface area contributed by atoms with Crippen LogP contribution in [0.5, 0.6) is 0 Å². The van der Waals surface area contributed by atoms with E-state index in [4.69, 9.17) is 10.5 Å². The van der Waals surface area contributed by atoms with Gasteiger partial charge in [0.25, 0.3) is 0 Å². The number of rotatable bonds is 4. The molecule has 0 heterocycles. The van der Waals surface area contributed by atoms with E-state index in [2.05, 4.69) is 24.3 Å². The van der Waals surface area contributed by atoms with Gasteiger partial charge in [-0.05, 0) is 36.8 Å². The smallest absolute Gasteiger partial charge is 0.0462 e. The largest absolute Gasteiger partial charge is 0.385 e. The molecule has 0 aliphatic heterocycles. The predicted molar refractivity (Wildman–Crippen MR) is 61.9 cm³/mol. The highest BCUT2D eigenvalue weighted by Gasteiger charge is 2.32. The van der Waals surface area contributed by atoms with E-state index in [1.807, 2.05) is 0 Å². The molecular formula is C13H19NO. The highest BCUT2D eigenvalue weighted by atomic mass is 16.5. The first-order valence-corrected chi connectivity index (χ1v) is 5.58. The molecule has 2 rings (SSSR count). The third-order valence-corrected chi connectivity index (χ3v) is 3.23. The maximum Gasteiger partial charge on any atom is 0.0462 e. The van der Waals surface area contributed by atoms with Gasteiger partial charge in [-0.25, -0.2) is 0 Å². The van der Waals surface area contributed by atoms with Crippen molar-refractivity contribution < 1.29 is 4.74 Å². The lowest BCUT2D eigenvalue weighted by Crippen LogP contribution is -2.40. The second kappa shape index (κ2) is 4.33. The second-order valence-electron chi connectivity index (χ2n) is 4.58. The molecule has 0 bridgehead atoms. The van der Waals surface area contributed by atoms with Crippen molar-refractivity contribution in [1.29, 1.82) is 0 Å². The number of fused-ring (bicyclic) bond motifs is 1. The van der Waals surface area contributed by atoms with Crippen LogP contribution >= 0.6 is 0 Å². The van der Waals surface area contributed by atoms with Crippen LogP contribution in [0.25, 0.3) is 0 Å². The number of nitrogens with two attached hydrogens (primary N) is 1. The van der Waals surface area contributed by atoms with Crippen molar-refractivity contribution in [3.8, 4) is 0 Å². The van der Waals surface area contributed by atoms with Crippen LogP contribution < -0.4 is 5.73 Å². The standard InChI is InChI=1S/C13H19NO/c1-15-8-4-7-13(14)9-11-5-2-3-6-12(11)10-13/h2-3,5-6H,4,7-10,14H2,1H3. The third kappa shape index (κ3) is 2.39. The molecule has 1 aliphatic carbocycles. The normalized spacial score (nSPS) is 17.7. The molecule has 2 N–H and O–H groups in total. The monoisotopic (exact) mass is 205 g/mol. The molecule has 0 unspecified atom stereocenters. The Morgan fingerprint density at radius 3 is 2.40 bits per heavy atom. The SMILES string of the molecule is COCCCC1(N)Cc2ccccc2C1. The lowest BCUT2D eigenvalue weighted by molar-refractivity contribution is 0.183. The van der Waals surface area contributed by atoms with Crippen LogP contribution in [0.1, 0.15) is 24.0 Å². The fraction of sp³-hybridized carbons (Fsp3) is 0.538. The predicted octanol–water partition coefficient (Wildman–Crippen LogP) is 1.91. The number of hydrogen-bond acceptors (Lipinski definition) is 2. The Labute approximate surface area is 91.4 Å². The van der Waals surface area contributed by atoms with Crippen LogP contribution in [0.2, 0.25) is 0 Å². The second-order valence-corrected chi connectivity index (χ2v) is 4.58. The zero-order valence-corrected chi connectivity index (χ0v) is 9.33. The van der Waals surface area contributed by atoms with Crippen molar-refractivity contribution in [2.75, 3.05) is 13.7 Å². The molecule has 0 radical (unpaired) electrons. The topological polar surface area (TPSA) is 35.2 Å². The molecule has 1 aromatic carbocycles. The van der Waals surface area contributed by atoms with Gasteiger partial charge < -0.3 is 10.5 Å². The van der Waals surface area contributed by atoms with Gasteiger partial charge in [0.15, 0.2) is 0 Å². The highest BCUT2D eigenvalue weighted by molar-refractivity contribution is 5.35. The van der Waals surface area contributed by atoms with Crippen molar-refractivity contribution >= 4 is 0 Å². The Hall–Kier alpha value is -0.860. The number of hydrogen-bond donors (Lipinski definition) is 1. The van der Waals surface area contributed by atoms with Crippen LogP contribution in [0.3, 0.4) is 0 Å². The van der Waals surface area contributed by atoms with E-state index in [1.165, 1.54) is 11.1 Å². The van der Waals surface area contributed by atoms with Crippen molar-refractivity contribution in [1.82, 2.24) is 0 Å². The lowest BCUT2D eigenvalue weighted by Gasteiger charge is -2.23. The van der Waals surface area contributed by atoms with Crippen molar-refractivity contribution in [2.24, 2.45) is 5.73 Å². The molecule has 0 spiro atoms. The summed E-state index contributed by atoms with van der Waals surface area (Å²) in [4.78, 5) is 0. The zero-order valence-electron chi connectivity index (χ0n) is 9.33. The summed E-state index contributed by atoms with van der Waals surface area (Å²) in [6, 6.07) is 8.58. The Morgan fingerprint density at radius 1 is 1.27 bits per heavy atom. The molecule has 2 nitrogen and oxygen atoms in total. The van der Waals surface area contributed by atoms with Crippen LogP contribution in [0, 0.1) is 0 Å². The number of methoxy groups -OCH3 is 1. The molecule has 0 atom stereocenters. The van der Waals surface area contributed by atoms with E-state index in [1.54, 1.807) is 7.11 Å². The Kier molecular flexibility index (Phi) is 3.08. The van der Waals surface area contributed by atoms with E-state index in [-0.39, 0.29) is 5.54 Å². The van der Waals surface area contributed by atoms with Crippen molar-refractivity contribution in [2.45, 2.75) is 31.2 Å². The molecule has 0 fully saturated rings. The van der Waals surface area contributed by atoms with E-state index >= 15 is 0 Å². The fourth-order valence-corrected chi connectivity index (χ4v) is 2.47. The van der Waals surface area contributed by atoms with Crippen LogP contribution in [-0.2, 0) is 17.6 Å². The van der Waals surface area contributed by atoms with Crippen molar-refractivity contribution in [3.05, 3.63) is 35.4 Å². The van der Waals surface area contributed by atoms with Gasteiger partial charge in [0, 0.05) is 19.3 Å². The summed E-state index contributed by atoms with van der Waals surface area (Å²) in [6.45, 7) is 0.815. The summed E-state index contributed by atoms with van der Waals surface area (Å²) in [6.07, 6.45) is 4.15. The quantitative estimate of drug-likeness (QED) is 0.762. The molecule has 82 valence electrons. The van der Waals surface area contributed by atoms with Gasteiger partial charge in [-0.15, -0.1) is 0 Å². The van der Waals surface area contributed by atoms with Gasteiger partial charge in [0.1, 0.15) is 0 Å². The Bertz CT molecular complexity index is 310. The third-order valence-electron chi connectivity index (χ3n) is 3.23. The molecule has 15 heavy (non-hydrogen) atoms. The molecule has 2 heteroatoms. The van der Waals surface area contributed by atoms with Gasteiger partial charge in [-0.1, -0.05) is 24.3 Å². The Balaban J connectivity index is 1.98. The molecule has 0 aromatic heterocycles. The Morgan fingerprint density at radius 2 is 1.87 bits per heavy atom. The van der Waals surface area contributed by atoms with E-state index in [0.29, 0.717) is 0 Å². The summed E-state index contributed by atoms with van der Waals surface area (Å²) < 4.78 is 5.07. The molecule has 1 aliphatic rings.